The topological polar surface area (TPSA) is 58.6 Å². The molecule has 0 aromatic carbocycles. The van der Waals surface area contributed by atoms with Crippen LogP contribution in [-0.2, 0) is 14.2 Å². The van der Waals surface area contributed by atoms with Crippen molar-refractivity contribution in [2.75, 3.05) is 26.4 Å². The molecule has 0 radical (unpaired) electrons. The van der Waals surface area contributed by atoms with Crippen LogP contribution in [0.15, 0.2) is 16.9 Å². The first-order valence-electron chi connectivity index (χ1n) is 7.12. The zero-order valence-corrected chi connectivity index (χ0v) is 12.6. The minimum atomic E-state index is 0.325. The summed E-state index contributed by atoms with van der Waals surface area (Å²) < 4.78 is 17.3. The molecular weight excluding hydrogens is 282 g/mol. The highest BCUT2D eigenvalue weighted by Gasteiger charge is 2.22. The average molecular weight is 304 g/mol. The van der Waals surface area contributed by atoms with Crippen LogP contribution in [-0.4, -0.2) is 43.1 Å². The molecule has 2 aliphatic rings. The van der Waals surface area contributed by atoms with E-state index in [2.05, 4.69) is 17.5 Å². The second kappa shape index (κ2) is 8.34. The molecule has 0 aliphatic carbocycles. The summed E-state index contributed by atoms with van der Waals surface area (Å²) in [6.07, 6.45) is 6.07. The van der Waals surface area contributed by atoms with Crippen molar-refractivity contribution >= 4 is 17.7 Å². The van der Waals surface area contributed by atoms with Crippen LogP contribution < -0.4 is 5.43 Å². The molecule has 0 amide bonds. The van der Waals surface area contributed by atoms with E-state index < -0.39 is 0 Å². The van der Waals surface area contributed by atoms with Crippen molar-refractivity contribution in [2.45, 2.75) is 38.7 Å². The van der Waals surface area contributed by atoms with E-state index >= 15 is 0 Å². The summed E-state index contributed by atoms with van der Waals surface area (Å²) in [7, 11) is 0. The largest absolute Gasteiger partial charge is 0.477 e. The van der Waals surface area contributed by atoms with Crippen LogP contribution in [0.25, 0.3) is 0 Å². The van der Waals surface area contributed by atoms with E-state index in [1.54, 1.807) is 0 Å². The van der Waals surface area contributed by atoms with E-state index in [1.807, 2.05) is 6.08 Å². The summed E-state index contributed by atoms with van der Waals surface area (Å²) in [5.74, 6) is 0.550. The number of hydrazone groups is 1. The van der Waals surface area contributed by atoms with Crippen molar-refractivity contribution in [1.29, 1.82) is 0 Å². The second-order valence-electron chi connectivity index (χ2n) is 4.82. The van der Waals surface area contributed by atoms with E-state index in [1.165, 1.54) is 0 Å². The zero-order chi connectivity index (χ0) is 14.2. The maximum atomic E-state index is 5.87. The van der Waals surface area contributed by atoms with Crippen LogP contribution in [0.2, 0.25) is 0 Å². The lowest BCUT2D eigenvalue weighted by molar-refractivity contribution is 0.114. The first-order valence-corrected chi connectivity index (χ1v) is 7.45. The number of unbranched alkanes of at least 4 members (excludes halogenated alkanes) is 1. The Morgan fingerprint density at radius 2 is 2.35 bits per heavy atom. The number of hydrogen-bond donors (Lipinski definition) is 1. The van der Waals surface area contributed by atoms with Gasteiger partial charge in [0, 0.05) is 18.4 Å². The molecule has 1 saturated heterocycles. The van der Waals surface area contributed by atoms with Gasteiger partial charge >= 0.3 is 0 Å². The number of epoxide rings is 1. The van der Waals surface area contributed by atoms with Gasteiger partial charge in [0.25, 0.3) is 0 Å². The van der Waals surface area contributed by atoms with Gasteiger partial charge in [0.1, 0.15) is 6.10 Å². The molecular formula is C13H22ClN3O3. The van der Waals surface area contributed by atoms with Crippen molar-refractivity contribution in [1.82, 2.24) is 10.1 Å². The van der Waals surface area contributed by atoms with Crippen LogP contribution >= 0.6 is 11.8 Å². The van der Waals surface area contributed by atoms with Crippen molar-refractivity contribution in [3.05, 3.63) is 11.8 Å². The number of hydrazine groups is 1. The smallest absolute Gasteiger partial charge is 0.236 e. The van der Waals surface area contributed by atoms with Gasteiger partial charge in [0.05, 0.1) is 31.6 Å². The number of hydrogen-bond acceptors (Lipinski definition) is 6. The quantitative estimate of drug-likeness (QED) is 0.402. The third kappa shape index (κ3) is 5.98. The molecule has 0 spiro atoms. The number of nitrogens with one attached hydrogen (secondary N) is 1. The minimum absolute atomic E-state index is 0.325. The number of allylic oxidation sites excluding steroid dienone is 1. The number of halogens is 1. The van der Waals surface area contributed by atoms with Gasteiger partial charge in [-0.15, -0.1) is 9.74 Å². The highest BCUT2D eigenvalue weighted by atomic mass is 35.5. The highest BCUT2D eigenvalue weighted by Crippen LogP contribution is 2.12. The Labute approximate surface area is 124 Å². The van der Waals surface area contributed by atoms with Crippen molar-refractivity contribution in [2.24, 2.45) is 5.10 Å². The monoisotopic (exact) mass is 303 g/mol. The van der Waals surface area contributed by atoms with Crippen molar-refractivity contribution in [3.8, 4) is 0 Å². The molecule has 6 nitrogen and oxygen atoms in total. The van der Waals surface area contributed by atoms with E-state index in [0.717, 1.165) is 42.6 Å². The third-order valence-corrected chi connectivity index (χ3v) is 3.07. The second-order valence-corrected chi connectivity index (χ2v) is 5.14. The van der Waals surface area contributed by atoms with Gasteiger partial charge in [0.2, 0.25) is 5.90 Å². The molecule has 114 valence electrons. The fourth-order valence-electron chi connectivity index (χ4n) is 1.70. The molecule has 7 heteroatoms. The average Bonchev–Trinajstić information content (AvgIpc) is 3.22. The molecule has 1 fully saturated rings. The minimum Gasteiger partial charge on any atom is -0.477 e. The predicted molar refractivity (Wildman–Crippen MR) is 77.0 cm³/mol. The van der Waals surface area contributed by atoms with Gasteiger partial charge in [-0.3, -0.25) is 5.43 Å². The molecule has 1 atom stereocenters. The molecule has 0 aromatic heterocycles. The molecule has 0 bridgehead atoms. The molecule has 20 heavy (non-hydrogen) atoms. The summed E-state index contributed by atoms with van der Waals surface area (Å²) in [6.45, 7) is 5.03. The maximum Gasteiger partial charge on any atom is 0.236 e. The maximum absolute atomic E-state index is 5.87. The van der Waals surface area contributed by atoms with Crippen molar-refractivity contribution < 1.29 is 14.2 Å². The molecule has 1 N–H and O–H groups in total. The Balaban J connectivity index is 1.64. The predicted octanol–water partition coefficient (Wildman–Crippen LogP) is 2.17. The van der Waals surface area contributed by atoms with Gasteiger partial charge in [-0.1, -0.05) is 13.3 Å². The molecule has 2 aliphatic heterocycles. The van der Waals surface area contributed by atoms with Gasteiger partial charge in [-0.2, -0.15) is 0 Å². The highest BCUT2D eigenvalue weighted by molar-refractivity contribution is 6.13. The summed E-state index contributed by atoms with van der Waals surface area (Å²) in [5.41, 5.74) is 3.94. The molecule has 2 heterocycles. The van der Waals surface area contributed by atoms with E-state index in [9.17, 15) is 0 Å². The van der Waals surface area contributed by atoms with Gasteiger partial charge in [0.15, 0.2) is 0 Å². The van der Waals surface area contributed by atoms with Crippen LogP contribution in [0.3, 0.4) is 0 Å². The molecule has 1 unspecified atom stereocenters. The fraction of sp³-hybridized carbons (Fsp3) is 0.769. The van der Waals surface area contributed by atoms with E-state index in [-0.39, 0.29) is 0 Å². The summed E-state index contributed by atoms with van der Waals surface area (Å²) in [5, 5.41) is 4.04. The Hall–Kier alpha value is -0.980. The van der Waals surface area contributed by atoms with Crippen LogP contribution in [0.5, 0.6) is 0 Å². The fourth-order valence-corrected chi connectivity index (χ4v) is 1.89. The Morgan fingerprint density at radius 3 is 3.10 bits per heavy atom. The van der Waals surface area contributed by atoms with E-state index in [4.69, 9.17) is 26.0 Å². The lowest BCUT2D eigenvalue weighted by Crippen LogP contribution is -2.31. The Kier molecular flexibility index (Phi) is 6.42. The first kappa shape index (κ1) is 15.4. The molecule has 2 rings (SSSR count). The Bertz CT molecular complexity index is 359. The number of nitrogens with zero attached hydrogens (tertiary/aromatic N) is 2. The standard InChI is InChI=1S/C13H22ClN3O3/c1-2-3-7-19-13-8-11(15-17(14)16-13)5-4-6-18-9-12-10-20-12/h8,12,15H,2-7,9-10H2,1H3. The van der Waals surface area contributed by atoms with Crippen LogP contribution in [0, 0.1) is 0 Å². The van der Waals surface area contributed by atoms with Gasteiger partial charge in [-0.25, -0.2) is 0 Å². The lowest BCUT2D eigenvalue weighted by atomic mass is 10.2. The zero-order valence-electron chi connectivity index (χ0n) is 11.8. The van der Waals surface area contributed by atoms with Gasteiger partial charge < -0.3 is 14.2 Å². The number of rotatable bonds is 9. The lowest BCUT2D eigenvalue weighted by Gasteiger charge is -2.21. The SMILES string of the molecule is CCCCOC1=NN(Cl)NC(CCCOCC2CO2)=C1. The van der Waals surface area contributed by atoms with Crippen LogP contribution in [0.4, 0.5) is 0 Å². The summed E-state index contributed by atoms with van der Waals surface area (Å²) in [4.78, 5) is 0. The van der Waals surface area contributed by atoms with Crippen LogP contribution in [0.1, 0.15) is 32.6 Å². The molecule has 0 saturated carbocycles. The Morgan fingerprint density at radius 1 is 1.50 bits per heavy atom. The molecule has 0 aromatic rings. The third-order valence-electron chi connectivity index (χ3n) is 2.91. The summed E-state index contributed by atoms with van der Waals surface area (Å²) >= 11 is 5.87. The van der Waals surface area contributed by atoms with E-state index in [0.29, 0.717) is 31.8 Å². The normalized spacial score (nSPS) is 21.1. The first-order chi connectivity index (χ1) is 9.78. The number of ether oxygens (including phenoxy) is 3. The van der Waals surface area contributed by atoms with Crippen molar-refractivity contribution in [3.63, 3.8) is 0 Å². The van der Waals surface area contributed by atoms with Gasteiger partial charge in [-0.05, 0) is 19.3 Å². The summed E-state index contributed by atoms with van der Waals surface area (Å²) in [6, 6.07) is 0.